The molecular formula is C48H30N4. The molecule has 0 spiro atoms. The Labute approximate surface area is 299 Å². The maximum atomic E-state index is 5.38. The molecule has 52 heavy (non-hydrogen) atoms. The lowest BCUT2D eigenvalue weighted by Gasteiger charge is -2.13. The van der Waals surface area contributed by atoms with E-state index in [9.17, 15) is 0 Å². The number of rotatable bonds is 4. The van der Waals surface area contributed by atoms with Gasteiger partial charge in [-0.3, -0.25) is 4.57 Å². The molecule has 4 nitrogen and oxygen atoms in total. The summed E-state index contributed by atoms with van der Waals surface area (Å²) in [4.78, 5) is 10.8. The molecule has 0 aliphatic carbocycles. The monoisotopic (exact) mass is 662 g/mol. The van der Waals surface area contributed by atoms with E-state index in [4.69, 9.17) is 9.97 Å². The van der Waals surface area contributed by atoms with Crippen LogP contribution in [0.5, 0.6) is 0 Å². The van der Waals surface area contributed by atoms with Crippen molar-refractivity contribution in [1.29, 1.82) is 0 Å². The summed E-state index contributed by atoms with van der Waals surface area (Å²) in [6.45, 7) is 0. The van der Waals surface area contributed by atoms with E-state index in [0.717, 1.165) is 50.0 Å². The first-order valence-electron chi connectivity index (χ1n) is 17.7. The Balaban J connectivity index is 1.23. The van der Waals surface area contributed by atoms with Gasteiger partial charge in [-0.15, -0.1) is 0 Å². The third kappa shape index (κ3) is 4.41. The summed E-state index contributed by atoms with van der Waals surface area (Å²) >= 11 is 0. The van der Waals surface area contributed by atoms with E-state index in [0.29, 0.717) is 5.95 Å². The van der Waals surface area contributed by atoms with Crippen LogP contribution in [-0.4, -0.2) is 19.1 Å². The van der Waals surface area contributed by atoms with Crippen LogP contribution in [0.15, 0.2) is 182 Å². The zero-order chi connectivity index (χ0) is 34.2. The van der Waals surface area contributed by atoms with Crippen LogP contribution in [-0.2, 0) is 0 Å². The Bertz CT molecular complexity index is 3090. The third-order valence-electron chi connectivity index (χ3n) is 10.5. The van der Waals surface area contributed by atoms with Crippen LogP contribution in [0.2, 0.25) is 0 Å². The fourth-order valence-electron chi connectivity index (χ4n) is 8.03. The SMILES string of the molecule is c1ccc(-n2c3ccccc3c3cc4c(cc32)c2ccccc2n4-c2nc(-c3ccc4ccccc4c3)cc(-c3ccc4ccccc4c3)n2)cc1. The normalized spacial score (nSPS) is 11.8. The Kier molecular flexibility index (Phi) is 6.22. The van der Waals surface area contributed by atoms with Gasteiger partial charge in [0.15, 0.2) is 0 Å². The van der Waals surface area contributed by atoms with Gasteiger partial charge in [-0.2, -0.15) is 0 Å². The van der Waals surface area contributed by atoms with Crippen LogP contribution >= 0.6 is 0 Å². The number of nitrogens with zero attached hydrogens (tertiary/aromatic N) is 4. The summed E-state index contributed by atoms with van der Waals surface area (Å²) in [5, 5.41) is 9.50. The molecule has 0 fully saturated rings. The highest BCUT2D eigenvalue weighted by molar-refractivity contribution is 6.19. The van der Waals surface area contributed by atoms with Crippen molar-refractivity contribution in [2.75, 3.05) is 0 Å². The highest BCUT2D eigenvalue weighted by atomic mass is 15.2. The van der Waals surface area contributed by atoms with E-state index in [1.807, 2.05) is 0 Å². The zero-order valence-corrected chi connectivity index (χ0v) is 28.1. The average Bonchev–Trinajstić information content (AvgIpc) is 3.71. The molecule has 3 aromatic heterocycles. The summed E-state index contributed by atoms with van der Waals surface area (Å²) in [6, 6.07) is 64.9. The molecule has 8 aromatic carbocycles. The van der Waals surface area contributed by atoms with Crippen LogP contribution in [0.1, 0.15) is 0 Å². The van der Waals surface area contributed by atoms with Gasteiger partial charge in [0.05, 0.1) is 33.5 Å². The molecule has 0 radical (unpaired) electrons. The van der Waals surface area contributed by atoms with Crippen molar-refractivity contribution in [1.82, 2.24) is 19.1 Å². The van der Waals surface area contributed by atoms with Gasteiger partial charge in [0, 0.05) is 38.4 Å². The quantitative estimate of drug-likeness (QED) is 0.188. The van der Waals surface area contributed by atoms with Crippen LogP contribution in [0.25, 0.3) is 99.3 Å². The number of para-hydroxylation sites is 3. The molecule has 0 unspecified atom stereocenters. The van der Waals surface area contributed by atoms with E-state index in [-0.39, 0.29) is 0 Å². The fourth-order valence-corrected chi connectivity index (χ4v) is 8.03. The van der Waals surface area contributed by atoms with E-state index in [2.05, 4.69) is 191 Å². The molecule has 0 N–H and O–H groups in total. The van der Waals surface area contributed by atoms with Gasteiger partial charge in [-0.25, -0.2) is 9.97 Å². The van der Waals surface area contributed by atoms with Crippen molar-refractivity contribution in [2.24, 2.45) is 0 Å². The number of hydrogen-bond donors (Lipinski definition) is 0. The highest BCUT2D eigenvalue weighted by Gasteiger charge is 2.20. The van der Waals surface area contributed by atoms with Crippen molar-refractivity contribution in [3.05, 3.63) is 182 Å². The summed E-state index contributed by atoms with van der Waals surface area (Å²) in [7, 11) is 0. The molecule has 0 saturated carbocycles. The summed E-state index contributed by atoms with van der Waals surface area (Å²) < 4.78 is 4.64. The molecule has 0 amide bonds. The summed E-state index contributed by atoms with van der Waals surface area (Å²) in [5.74, 6) is 0.645. The van der Waals surface area contributed by atoms with E-state index in [1.165, 1.54) is 43.4 Å². The predicted molar refractivity (Wildman–Crippen MR) is 217 cm³/mol. The Morgan fingerprint density at radius 3 is 1.35 bits per heavy atom. The lowest BCUT2D eigenvalue weighted by molar-refractivity contribution is 0.996. The Morgan fingerprint density at radius 1 is 0.308 bits per heavy atom. The number of fused-ring (bicyclic) bond motifs is 8. The van der Waals surface area contributed by atoms with Gasteiger partial charge in [-0.05, 0) is 76.1 Å². The van der Waals surface area contributed by atoms with Gasteiger partial charge in [0.1, 0.15) is 0 Å². The number of benzene rings is 8. The fraction of sp³-hybridized carbons (Fsp3) is 0. The van der Waals surface area contributed by atoms with Crippen LogP contribution in [0.4, 0.5) is 0 Å². The van der Waals surface area contributed by atoms with Crippen molar-refractivity contribution in [2.45, 2.75) is 0 Å². The second-order valence-electron chi connectivity index (χ2n) is 13.5. The van der Waals surface area contributed by atoms with E-state index < -0.39 is 0 Å². The van der Waals surface area contributed by atoms with Crippen molar-refractivity contribution in [3.8, 4) is 34.2 Å². The summed E-state index contributed by atoms with van der Waals surface area (Å²) in [6.07, 6.45) is 0. The smallest absolute Gasteiger partial charge is 0.235 e. The molecule has 3 heterocycles. The van der Waals surface area contributed by atoms with Gasteiger partial charge in [0.2, 0.25) is 5.95 Å². The zero-order valence-electron chi connectivity index (χ0n) is 28.1. The molecule has 4 heteroatoms. The van der Waals surface area contributed by atoms with Crippen LogP contribution < -0.4 is 0 Å². The third-order valence-corrected chi connectivity index (χ3v) is 10.5. The maximum Gasteiger partial charge on any atom is 0.235 e. The molecule has 0 bridgehead atoms. The van der Waals surface area contributed by atoms with E-state index in [1.54, 1.807) is 0 Å². The molecular weight excluding hydrogens is 633 g/mol. The molecule has 0 aliphatic rings. The number of hydrogen-bond acceptors (Lipinski definition) is 2. The van der Waals surface area contributed by atoms with Gasteiger partial charge in [0.25, 0.3) is 0 Å². The van der Waals surface area contributed by atoms with Gasteiger partial charge < -0.3 is 4.57 Å². The average molecular weight is 663 g/mol. The minimum atomic E-state index is 0.645. The van der Waals surface area contributed by atoms with Gasteiger partial charge >= 0.3 is 0 Å². The lowest BCUT2D eigenvalue weighted by Crippen LogP contribution is -2.04. The molecule has 242 valence electrons. The predicted octanol–water partition coefficient (Wildman–Crippen LogP) is 12.3. The first kappa shape index (κ1) is 28.8. The molecule has 0 saturated heterocycles. The standard InChI is InChI=1S/C48H30N4/c1-2-16-37(17-3-1)51-44-20-10-8-18-38(44)40-29-47-41(28-46(40)51)39-19-9-11-21-45(39)52(47)48-49-42(35-24-22-31-12-4-6-14-33(31)26-35)30-43(50-48)36-25-23-32-13-5-7-15-34(32)27-36/h1-30H. The summed E-state index contributed by atoms with van der Waals surface area (Å²) in [5.41, 5.74) is 9.51. The lowest BCUT2D eigenvalue weighted by atomic mass is 10.0. The van der Waals surface area contributed by atoms with Crippen molar-refractivity contribution in [3.63, 3.8) is 0 Å². The highest BCUT2D eigenvalue weighted by Crippen LogP contribution is 2.40. The molecule has 11 aromatic rings. The van der Waals surface area contributed by atoms with Crippen molar-refractivity contribution >= 4 is 65.2 Å². The largest absolute Gasteiger partial charge is 0.309 e. The maximum absolute atomic E-state index is 5.38. The molecule has 11 rings (SSSR count). The van der Waals surface area contributed by atoms with Crippen LogP contribution in [0, 0.1) is 0 Å². The molecule has 0 atom stereocenters. The topological polar surface area (TPSA) is 35.6 Å². The first-order valence-corrected chi connectivity index (χ1v) is 17.7. The Hall–Kier alpha value is -7.04. The second-order valence-corrected chi connectivity index (χ2v) is 13.5. The van der Waals surface area contributed by atoms with Crippen LogP contribution in [0.3, 0.4) is 0 Å². The minimum Gasteiger partial charge on any atom is -0.309 e. The second kappa shape index (κ2) is 11.2. The first-order chi connectivity index (χ1) is 25.8. The number of aromatic nitrogens is 4. The molecule has 0 aliphatic heterocycles. The van der Waals surface area contributed by atoms with Crippen molar-refractivity contribution < 1.29 is 0 Å². The minimum absolute atomic E-state index is 0.645. The Morgan fingerprint density at radius 2 is 0.769 bits per heavy atom. The van der Waals surface area contributed by atoms with E-state index >= 15 is 0 Å². The van der Waals surface area contributed by atoms with Gasteiger partial charge in [-0.1, -0.05) is 127 Å².